The summed E-state index contributed by atoms with van der Waals surface area (Å²) in [6.07, 6.45) is 5.39. The highest BCUT2D eigenvalue weighted by atomic mass is 16.5. The van der Waals surface area contributed by atoms with Crippen molar-refractivity contribution in [1.82, 2.24) is 24.8 Å². The van der Waals surface area contributed by atoms with E-state index in [2.05, 4.69) is 15.0 Å². The van der Waals surface area contributed by atoms with E-state index >= 15 is 0 Å². The summed E-state index contributed by atoms with van der Waals surface area (Å²) in [6.45, 7) is 2.00. The molecule has 3 heterocycles. The Morgan fingerprint density at radius 3 is 2.78 bits per heavy atom. The van der Waals surface area contributed by atoms with Crippen LogP contribution in [0.25, 0.3) is 22.4 Å². The number of nitrogens with zero attached hydrogens (tertiary/aromatic N) is 4. The number of methoxy groups -OCH3 is 1. The number of hydrogen-bond acceptors (Lipinski definition) is 5. The van der Waals surface area contributed by atoms with Gasteiger partial charge in [-0.2, -0.15) is 0 Å². The Balaban J connectivity index is 1.40. The van der Waals surface area contributed by atoms with Crippen molar-refractivity contribution in [2.75, 3.05) is 7.11 Å². The molecule has 0 spiro atoms. The summed E-state index contributed by atoms with van der Waals surface area (Å²) in [5.74, 6) is 2.72. The minimum Gasteiger partial charge on any atom is -0.497 e. The fraction of sp³-hybridized carbons (Fsp3) is 0.280. The quantitative estimate of drug-likeness (QED) is 0.527. The molecule has 1 aliphatic carbocycles. The average Bonchev–Trinajstić information content (AvgIpc) is 3.28. The molecule has 0 bridgehead atoms. The summed E-state index contributed by atoms with van der Waals surface area (Å²) < 4.78 is 5.33. The molecule has 3 unspecified atom stereocenters. The number of carbonyl (C=O) groups excluding carboxylic acids is 1. The Kier molecular flexibility index (Phi) is 4.24. The summed E-state index contributed by atoms with van der Waals surface area (Å²) in [5.41, 5.74) is 4.24. The van der Waals surface area contributed by atoms with Crippen LogP contribution in [0.4, 0.5) is 0 Å². The summed E-state index contributed by atoms with van der Waals surface area (Å²) >= 11 is 0. The maximum Gasteiger partial charge on any atom is 0.255 e. The number of likely N-dealkylation sites (tertiary alicyclic amines) is 1. The highest BCUT2D eigenvalue weighted by Crippen LogP contribution is 2.54. The van der Waals surface area contributed by atoms with E-state index in [9.17, 15) is 4.79 Å². The van der Waals surface area contributed by atoms with Crippen molar-refractivity contribution in [3.8, 4) is 17.1 Å². The number of fused-ring (bicyclic) bond motifs is 2. The molecule has 1 N–H and O–H groups in total. The van der Waals surface area contributed by atoms with Gasteiger partial charge in [-0.25, -0.2) is 15.0 Å². The standard InChI is InChI=1S/C25H23N5O2/c1-14-4-6-17(23-26-8-3-9-27-23)18(10-14)25(31)30-21-11-15(21)12-22(30)24-28-19-7-5-16(32-2)13-20(19)29-24/h3-10,13,15,21-22H,11-12H2,1-2H3,(H,28,29). The first-order valence-electron chi connectivity index (χ1n) is 10.9. The van der Waals surface area contributed by atoms with Crippen molar-refractivity contribution in [2.24, 2.45) is 5.92 Å². The lowest BCUT2D eigenvalue weighted by Gasteiger charge is -2.27. The van der Waals surface area contributed by atoms with Gasteiger partial charge in [-0.05, 0) is 49.9 Å². The molecule has 2 fully saturated rings. The van der Waals surface area contributed by atoms with Crippen molar-refractivity contribution in [2.45, 2.75) is 31.8 Å². The van der Waals surface area contributed by atoms with Gasteiger partial charge in [0.1, 0.15) is 11.6 Å². The minimum absolute atomic E-state index is 0.0178. The third-order valence-electron chi connectivity index (χ3n) is 6.58. The number of imidazole rings is 1. The zero-order valence-corrected chi connectivity index (χ0v) is 17.9. The first-order chi connectivity index (χ1) is 15.6. The van der Waals surface area contributed by atoms with E-state index in [1.165, 1.54) is 0 Å². The first-order valence-corrected chi connectivity index (χ1v) is 10.9. The van der Waals surface area contributed by atoms with E-state index in [1.54, 1.807) is 25.6 Å². The molecule has 2 aromatic heterocycles. The van der Waals surface area contributed by atoms with Gasteiger partial charge in [0.2, 0.25) is 0 Å². The van der Waals surface area contributed by atoms with Gasteiger partial charge in [-0.15, -0.1) is 0 Å². The number of aromatic amines is 1. The number of carbonyl (C=O) groups is 1. The molecule has 7 heteroatoms. The van der Waals surface area contributed by atoms with Gasteiger partial charge in [0.25, 0.3) is 5.91 Å². The number of nitrogens with one attached hydrogen (secondary N) is 1. The van der Waals surface area contributed by atoms with Crippen LogP contribution < -0.4 is 4.74 Å². The highest BCUT2D eigenvalue weighted by Gasteiger charge is 2.55. The van der Waals surface area contributed by atoms with E-state index in [-0.39, 0.29) is 18.0 Å². The molecule has 2 aromatic carbocycles. The second-order valence-electron chi connectivity index (χ2n) is 8.65. The van der Waals surface area contributed by atoms with Gasteiger partial charge >= 0.3 is 0 Å². The monoisotopic (exact) mass is 425 g/mol. The summed E-state index contributed by atoms with van der Waals surface area (Å²) in [7, 11) is 1.65. The number of benzene rings is 2. The molecule has 7 nitrogen and oxygen atoms in total. The van der Waals surface area contributed by atoms with Crippen LogP contribution in [0.2, 0.25) is 0 Å². The van der Waals surface area contributed by atoms with Crippen LogP contribution in [0.5, 0.6) is 5.75 Å². The Morgan fingerprint density at radius 1 is 1.12 bits per heavy atom. The number of aromatic nitrogens is 4. The molecular formula is C25H23N5O2. The van der Waals surface area contributed by atoms with E-state index in [1.807, 2.05) is 48.2 Å². The number of piperidine rings is 1. The second-order valence-corrected chi connectivity index (χ2v) is 8.65. The zero-order valence-electron chi connectivity index (χ0n) is 17.9. The Hall–Kier alpha value is -3.74. The fourth-order valence-electron chi connectivity index (χ4n) is 4.89. The van der Waals surface area contributed by atoms with E-state index in [4.69, 9.17) is 9.72 Å². The van der Waals surface area contributed by atoms with Crippen LogP contribution in [0.15, 0.2) is 54.9 Å². The lowest BCUT2D eigenvalue weighted by Crippen LogP contribution is -2.34. The van der Waals surface area contributed by atoms with Crippen LogP contribution in [0, 0.1) is 12.8 Å². The summed E-state index contributed by atoms with van der Waals surface area (Å²) in [6, 6.07) is 13.7. The largest absolute Gasteiger partial charge is 0.497 e. The normalized spacial score (nSPS) is 21.6. The van der Waals surface area contributed by atoms with Gasteiger partial charge in [0, 0.05) is 30.1 Å². The number of hydrogen-bond donors (Lipinski definition) is 1. The predicted molar refractivity (Wildman–Crippen MR) is 120 cm³/mol. The number of aryl methyl sites for hydroxylation is 1. The third kappa shape index (κ3) is 3.04. The summed E-state index contributed by atoms with van der Waals surface area (Å²) in [4.78, 5) is 33.0. The van der Waals surface area contributed by atoms with Gasteiger partial charge in [0.15, 0.2) is 5.82 Å². The number of H-pyrrole nitrogens is 1. The number of rotatable bonds is 4. The minimum atomic E-state index is -0.0744. The van der Waals surface area contributed by atoms with E-state index in [0.29, 0.717) is 17.3 Å². The van der Waals surface area contributed by atoms with Crippen LogP contribution in [-0.2, 0) is 0 Å². The molecule has 4 aromatic rings. The molecule has 1 saturated carbocycles. The maximum atomic E-state index is 13.9. The molecular weight excluding hydrogens is 402 g/mol. The van der Waals surface area contributed by atoms with Crippen LogP contribution in [0.3, 0.4) is 0 Å². The molecule has 2 aliphatic rings. The van der Waals surface area contributed by atoms with E-state index in [0.717, 1.165) is 46.6 Å². The molecule has 6 rings (SSSR count). The Labute approximate surface area is 185 Å². The van der Waals surface area contributed by atoms with Crippen molar-refractivity contribution in [3.63, 3.8) is 0 Å². The van der Waals surface area contributed by atoms with Gasteiger partial charge in [0.05, 0.1) is 29.7 Å². The third-order valence-corrected chi connectivity index (χ3v) is 6.58. The second kappa shape index (κ2) is 7.15. The first kappa shape index (κ1) is 19.0. The molecule has 1 aliphatic heterocycles. The molecule has 160 valence electrons. The van der Waals surface area contributed by atoms with Gasteiger partial charge in [-0.3, -0.25) is 4.79 Å². The van der Waals surface area contributed by atoms with Crippen molar-refractivity contribution >= 4 is 16.9 Å². The SMILES string of the molecule is COc1ccc2[nH]c(C3CC4CC4N3C(=O)c3cc(C)ccc3-c3ncccn3)nc2c1. The van der Waals surface area contributed by atoms with E-state index < -0.39 is 0 Å². The van der Waals surface area contributed by atoms with Crippen molar-refractivity contribution in [1.29, 1.82) is 0 Å². The molecule has 32 heavy (non-hydrogen) atoms. The topological polar surface area (TPSA) is 84.0 Å². The molecule has 3 atom stereocenters. The predicted octanol–water partition coefficient (Wildman–Crippen LogP) is 4.31. The van der Waals surface area contributed by atoms with Crippen LogP contribution in [0.1, 0.15) is 40.6 Å². The molecule has 1 amide bonds. The average molecular weight is 425 g/mol. The fourth-order valence-corrected chi connectivity index (χ4v) is 4.89. The van der Waals surface area contributed by atoms with Crippen LogP contribution in [-0.4, -0.2) is 43.9 Å². The molecule has 0 radical (unpaired) electrons. The Bertz CT molecular complexity index is 1330. The number of ether oxygens (including phenoxy) is 1. The smallest absolute Gasteiger partial charge is 0.255 e. The van der Waals surface area contributed by atoms with Crippen molar-refractivity contribution < 1.29 is 9.53 Å². The summed E-state index contributed by atoms with van der Waals surface area (Å²) in [5, 5.41) is 0. The highest BCUT2D eigenvalue weighted by molar-refractivity contribution is 6.01. The Morgan fingerprint density at radius 2 is 1.97 bits per heavy atom. The lowest BCUT2D eigenvalue weighted by molar-refractivity contribution is 0.0693. The van der Waals surface area contributed by atoms with Gasteiger partial charge < -0.3 is 14.6 Å². The zero-order chi connectivity index (χ0) is 21.8. The van der Waals surface area contributed by atoms with Crippen molar-refractivity contribution in [3.05, 3.63) is 71.8 Å². The number of amides is 1. The van der Waals surface area contributed by atoms with Crippen LogP contribution >= 0.6 is 0 Å². The maximum absolute atomic E-state index is 13.9. The molecule has 1 saturated heterocycles. The lowest BCUT2D eigenvalue weighted by atomic mass is 10.0. The van der Waals surface area contributed by atoms with Gasteiger partial charge in [-0.1, -0.05) is 17.7 Å².